The fourth-order valence-electron chi connectivity index (χ4n) is 2.90. The van der Waals surface area contributed by atoms with Gasteiger partial charge in [0.15, 0.2) is 11.5 Å². The van der Waals surface area contributed by atoms with Crippen molar-refractivity contribution in [3.05, 3.63) is 84.2 Å². The largest absolute Gasteiger partial charge is 0.468 e. The van der Waals surface area contributed by atoms with Crippen LogP contribution in [0, 0.1) is 6.92 Å². The molecule has 0 fully saturated rings. The number of sulfonamides is 1. The van der Waals surface area contributed by atoms with Gasteiger partial charge in [-0.1, -0.05) is 12.1 Å². The van der Waals surface area contributed by atoms with E-state index in [1.807, 2.05) is 0 Å². The van der Waals surface area contributed by atoms with Gasteiger partial charge >= 0.3 is 0 Å². The van der Waals surface area contributed by atoms with Gasteiger partial charge in [-0.15, -0.1) is 0 Å². The lowest BCUT2D eigenvalue weighted by Gasteiger charge is -2.06. The molecule has 9 heteroatoms. The van der Waals surface area contributed by atoms with Crippen LogP contribution in [0.5, 0.6) is 0 Å². The van der Waals surface area contributed by atoms with Crippen molar-refractivity contribution in [2.45, 2.75) is 18.4 Å². The zero-order valence-corrected chi connectivity index (χ0v) is 17.3. The fraction of sp³-hybridized carbons (Fsp3) is 0.0909. The number of aryl methyl sites for hydroxylation is 1. The van der Waals surface area contributed by atoms with E-state index in [2.05, 4.69) is 15.0 Å². The van der Waals surface area contributed by atoms with Crippen LogP contribution in [0.3, 0.4) is 0 Å². The number of anilines is 1. The minimum absolute atomic E-state index is 0.0663. The number of hydrogen-bond acceptors (Lipinski definition) is 6. The molecule has 0 spiro atoms. The molecule has 0 bridgehead atoms. The highest BCUT2D eigenvalue weighted by Crippen LogP contribution is 2.20. The molecule has 4 aromatic rings. The van der Waals surface area contributed by atoms with E-state index < -0.39 is 10.0 Å². The zero-order valence-electron chi connectivity index (χ0n) is 16.5. The van der Waals surface area contributed by atoms with Gasteiger partial charge in [0.2, 0.25) is 15.9 Å². The second-order valence-electron chi connectivity index (χ2n) is 6.71. The minimum atomic E-state index is -3.67. The van der Waals surface area contributed by atoms with Crippen molar-refractivity contribution in [3.8, 4) is 0 Å². The third-order valence-corrected chi connectivity index (χ3v) is 5.81. The molecule has 8 nitrogen and oxygen atoms in total. The summed E-state index contributed by atoms with van der Waals surface area (Å²) in [6, 6.07) is 14.8. The Bertz CT molecular complexity index is 1340. The Balaban J connectivity index is 1.37. The van der Waals surface area contributed by atoms with E-state index in [0.717, 1.165) is 0 Å². The van der Waals surface area contributed by atoms with Crippen LogP contribution in [0.4, 0.5) is 5.69 Å². The second-order valence-corrected chi connectivity index (χ2v) is 8.48. The standard InChI is InChI=1S/C22H19N3O5S/c1-15-24-20-13-17(7-10-21(20)30-15)25-22(26)11-6-16-4-8-19(9-5-16)31(27,28)23-14-18-3-2-12-29-18/h2-13,23H,14H2,1H3,(H,25,26)/b11-6+. The molecular weight excluding hydrogens is 418 g/mol. The summed E-state index contributed by atoms with van der Waals surface area (Å²) in [5, 5.41) is 2.76. The van der Waals surface area contributed by atoms with Crippen LogP contribution in [0.2, 0.25) is 0 Å². The summed E-state index contributed by atoms with van der Waals surface area (Å²) < 4.78 is 37.7. The molecule has 158 valence electrons. The predicted molar refractivity (Wildman–Crippen MR) is 116 cm³/mol. The van der Waals surface area contributed by atoms with Gasteiger partial charge in [0, 0.05) is 18.7 Å². The zero-order chi connectivity index (χ0) is 21.8. The number of benzene rings is 2. The molecule has 2 aromatic heterocycles. The first kappa shape index (κ1) is 20.6. The Labute approximate surface area is 178 Å². The highest BCUT2D eigenvalue weighted by molar-refractivity contribution is 7.89. The summed E-state index contributed by atoms with van der Waals surface area (Å²) >= 11 is 0. The molecule has 2 heterocycles. The first-order chi connectivity index (χ1) is 14.9. The lowest BCUT2D eigenvalue weighted by Crippen LogP contribution is -2.22. The number of nitrogens with zero attached hydrogens (tertiary/aromatic N) is 1. The van der Waals surface area contributed by atoms with Crippen LogP contribution in [0.25, 0.3) is 17.2 Å². The number of carbonyl (C=O) groups excluding carboxylic acids is 1. The monoisotopic (exact) mass is 437 g/mol. The van der Waals surface area contributed by atoms with Gasteiger partial charge in [0.1, 0.15) is 11.3 Å². The van der Waals surface area contributed by atoms with Crippen LogP contribution in [-0.4, -0.2) is 19.3 Å². The van der Waals surface area contributed by atoms with Crippen LogP contribution in [0.15, 0.2) is 80.7 Å². The first-order valence-corrected chi connectivity index (χ1v) is 10.9. The number of carbonyl (C=O) groups is 1. The number of fused-ring (bicyclic) bond motifs is 1. The Morgan fingerprint density at radius 2 is 1.94 bits per heavy atom. The van der Waals surface area contributed by atoms with Gasteiger partial charge in [-0.2, -0.15) is 0 Å². The van der Waals surface area contributed by atoms with Crippen LogP contribution >= 0.6 is 0 Å². The van der Waals surface area contributed by atoms with Gasteiger partial charge in [-0.05, 0) is 54.1 Å². The van der Waals surface area contributed by atoms with Crippen molar-refractivity contribution in [2.75, 3.05) is 5.32 Å². The Morgan fingerprint density at radius 3 is 2.68 bits per heavy atom. The molecule has 31 heavy (non-hydrogen) atoms. The van der Waals surface area contributed by atoms with E-state index in [1.54, 1.807) is 55.5 Å². The van der Waals surface area contributed by atoms with Crippen molar-refractivity contribution in [2.24, 2.45) is 0 Å². The normalized spacial score (nSPS) is 11.9. The smallest absolute Gasteiger partial charge is 0.248 e. The Kier molecular flexibility index (Phi) is 5.70. The summed E-state index contributed by atoms with van der Waals surface area (Å²) in [5.41, 5.74) is 2.60. The van der Waals surface area contributed by atoms with E-state index in [-0.39, 0.29) is 17.3 Å². The summed E-state index contributed by atoms with van der Waals surface area (Å²) in [7, 11) is -3.67. The topological polar surface area (TPSA) is 114 Å². The van der Waals surface area contributed by atoms with E-state index >= 15 is 0 Å². The van der Waals surface area contributed by atoms with E-state index in [1.165, 1.54) is 24.5 Å². The molecule has 0 unspecified atom stereocenters. The van der Waals surface area contributed by atoms with Crippen molar-refractivity contribution in [3.63, 3.8) is 0 Å². The van der Waals surface area contributed by atoms with Gasteiger partial charge < -0.3 is 14.2 Å². The van der Waals surface area contributed by atoms with E-state index in [4.69, 9.17) is 8.83 Å². The summed E-state index contributed by atoms with van der Waals surface area (Å²) in [4.78, 5) is 16.6. The van der Waals surface area contributed by atoms with Gasteiger partial charge in [-0.3, -0.25) is 4.79 Å². The SMILES string of the molecule is Cc1nc2cc(NC(=O)/C=C/c3ccc(S(=O)(=O)NCc4ccco4)cc3)ccc2o1. The highest BCUT2D eigenvalue weighted by Gasteiger charge is 2.14. The van der Waals surface area contributed by atoms with Gasteiger partial charge in [-0.25, -0.2) is 18.1 Å². The maximum atomic E-state index is 12.4. The van der Waals surface area contributed by atoms with E-state index in [0.29, 0.717) is 34.0 Å². The number of oxazole rings is 1. The summed E-state index contributed by atoms with van der Waals surface area (Å²) in [6.07, 6.45) is 4.45. The Hall–Kier alpha value is -3.69. The molecule has 0 radical (unpaired) electrons. The van der Waals surface area contributed by atoms with Crippen molar-refractivity contribution >= 4 is 38.8 Å². The number of furan rings is 1. The van der Waals surface area contributed by atoms with Crippen molar-refractivity contribution < 1.29 is 22.0 Å². The fourth-order valence-corrected chi connectivity index (χ4v) is 3.89. The average molecular weight is 437 g/mol. The first-order valence-electron chi connectivity index (χ1n) is 9.37. The summed E-state index contributed by atoms with van der Waals surface area (Å²) in [5.74, 6) is 0.753. The van der Waals surface area contributed by atoms with E-state index in [9.17, 15) is 13.2 Å². The van der Waals surface area contributed by atoms with Crippen LogP contribution < -0.4 is 10.0 Å². The highest BCUT2D eigenvalue weighted by atomic mass is 32.2. The molecule has 0 atom stereocenters. The minimum Gasteiger partial charge on any atom is -0.468 e. The lowest BCUT2D eigenvalue weighted by atomic mass is 10.2. The lowest BCUT2D eigenvalue weighted by molar-refractivity contribution is -0.111. The molecule has 2 aromatic carbocycles. The Morgan fingerprint density at radius 1 is 1.13 bits per heavy atom. The van der Waals surface area contributed by atoms with Crippen molar-refractivity contribution in [1.29, 1.82) is 0 Å². The number of amides is 1. The number of rotatable bonds is 7. The van der Waals surface area contributed by atoms with Crippen LogP contribution in [0.1, 0.15) is 17.2 Å². The molecule has 0 aliphatic carbocycles. The average Bonchev–Trinajstić information content (AvgIpc) is 3.39. The third-order valence-electron chi connectivity index (χ3n) is 4.40. The second kappa shape index (κ2) is 8.58. The predicted octanol–water partition coefficient (Wildman–Crippen LogP) is 3.86. The molecule has 0 aliphatic rings. The quantitative estimate of drug-likeness (QED) is 0.424. The molecule has 2 N–H and O–H groups in total. The number of hydrogen-bond donors (Lipinski definition) is 2. The molecule has 0 saturated carbocycles. The number of aromatic nitrogens is 1. The maximum Gasteiger partial charge on any atom is 0.248 e. The molecule has 0 saturated heterocycles. The van der Waals surface area contributed by atoms with Crippen molar-refractivity contribution in [1.82, 2.24) is 9.71 Å². The maximum absolute atomic E-state index is 12.4. The van der Waals surface area contributed by atoms with Gasteiger partial charge in [0.25, 0.3) is 0 Å². The van der Waals surface area contributed by atoms with Gasteiger partial charge in [0.05, 0.1) is 17.7 Å². The molecule has 4 rings (SSSR count). The molecule has 0 aliphatic heterocycles. The molecule has 1 amide bonds. The number of nitrogens with one attached hydrogen (secondary N) is 2. The van der Waals surface area contributed by atoms with Crippen LogP contribution in [-0.2, 0) is 21.4 Å². The third kappa shape index (κ3) is 5.08. The summed E-state index contributed by atoms with van der Waals surface area (Å²) in [6.45, 7) is 1.82. The molecular formula is C22H19N3O5S.